The number of nitrogens with zero attached hydrogens (tertiary/aromatic N) is 2. The van der Waals surface area contributed by atoms with Crippen LogP contribution in [0.4, 0.5) is 5.69 Å². The molecule has 16 heavy (non-hydrogen) atoms. The minimum Gasteiger partial charge on any atom is -0.388 e. The van der Waals surface area contributed by atoms with Gasteiger partial charge in [0, 0.05) is 18.8 Å². The van der Waals surface area contributed by atoms with E-state index in [0.717, 1.165) is 12.2 Å². The first-order valence-electron chi connectivity index (χ1n) is 5.16. The Morgan fingerprint density at radius 3 is 2.88 bits per heavy atom. The molecule has 88 valence electrons. The van der Waals surface area contributed by atoms with Crippen molar-refractivity contribution < 1.29 is 0 Å². The Morgan fingerprint density at radius 2 is 2.31 bits per heavy atom. The first-order valence-corrected chi connectivity index (χ1v) is 5.57. The molecule has 0 saturated carbocycles. The standard InChI is InChI=1S/C11H18N4S/c1-8(7-15(2)3)14-9-5-4-6-13-10(9)11(12)16/h4-6,8,14H,7H2,1-3H3,(H2,12,16). The number of rotatable bonds is 5. The largest absolute Gasteiger partial charge is 0.388 e. The Balaban J connectivity index is 2.76. The summed E-state index contributed by atoms with van der Waals surface area (Å²) in [6.07, 6.45) is 1.69. The molecule has 1 heterocycles. The normalized spacial score (nSPS) is 12.5. The average molecular weight is 238 g/mol. The van der Waals surface area contributed by atoms with Crippen LogP contribution in [-0.4, -0.2) is 41.6 Å². The predicted octanol–water partition coefficient (Wildman–Crippen LogP) is 1.08. The van der Waals surface area contributed by atoms with Gasteiger partial charge in [-0.25, -0.2) is 0 Å². The zero-order chi connectivity index (χ0) is 12.1. The fraction of sp³-hybridized carbons (Fsp3) is 0.455. The van der Waals surface area contributed by atoms with E-state index in [4.69, 9.17) is 18.0 Å². The first-order chi connectivity index (χ1) is 7.50. The Kier molecular flexibility index (Phi) is 4.64. The molecule has 1 aromatic rings. The number of hydrogen-bond acceptors (Lipinski definition) is 4. The van der Waals surface area contributed by atoms with Crippen LogP contribution in [0, 0.1) is 0 Å². The molecule has 0 radical (unpaired) electrons. The fourth-order valence-corrected chi connectivity index (χ4v) is 1.74. The third kappa shape index (κ3) is 3.75. The molecule has 1 aromatic heterocycles. The fourth-order valence-electron chi connectivity index (χ4n) is 1.58. The van der Waals surface area contributed by atoms with E-state index in [9.17, 15) is 0 Å². The second-order valence-electron chi connectivity index (χ2n) is 4.07. The highest BCUT2D eigenvalue weighted by molar-refractivity contribution is 7.80. The summed E-state index contributed by atoms with van der Waals surface area (Å²) in [5.74, 6) is 0. The SMILES string of the molecule is CC(CN(C)C)Nc1cccnc1C(N)=S. The lowest BCUT2D eigenvalue weighted by Crippen LogP contribution is -2.30. The molecule has 5 heteroatoms. The van der Waals surface area contributed by atoms with Gasteiger partial charge in [-0.3, -0.25) is 4.98 Å². The number of anilines is 1. The number of aromatic nitrogens is 1. The van der Waals surface area contributed by atoms with E-state index in [0.29, 0.717) is 16.7 Å². The lowest BCUT2D eigenvalue weighted by molar-refractivity contribution is 0.392. The summed E-state index contributed by atoms with van der Waals surface area (Å²) >= 11 is 4.96. The average Bonchev–Trinajstić information content (AvgIpc) is 2.16. The predicted molar refractivity (Wildman–Crippen MR) is 71.8 cm³/mol. The topological polar surface area (TPSA) is 54.2 Å². The molecule has 3 N–H and O–H groups in total. The van der Waals surface area contributed by atoms with Crippen LogP contribution in [0.1, 0.15) is 12.6 Å². The van der Waals surface area contributed by atoms with Crippen LogP contribution in [-0.2, 0) is 0 Å². The van der Waals surface area contributed by atoms with Crippen LogP contribution in [0.25, 0.3) is 0 Å². The van der Waals surface area contributed by atoms with Crippen LogP contribution >= 0.6 is 12.2 Å². The van der Waals surface area contributed by atoms with Gasteiger partial charge in [0.2, 0.25) is 0 Å². The number of pyridine rings is 1. The molecule has 1 rings (SSSR count). The third-order valence-corrected chi connectivity index (χ3v) is 2.28. The monoisotopic (exact) mass is 238 g/mol. The van der Waals surface area contributed by atoms with Crippen LogP contribution in [0.2, 0.25) is 0 Å². The molecule has 0 spiro atoms. The highest BCUT2D eigenvalue weighted by Gasteiger charge is 2.09. The second kappa shape index (κ2) is 5.77. The van der Waals surface area contributed by atoms with Crippen molar-refractivity contribution in [2.24, 2.45) is 5.73 Å². The molecule has 0 aliphatic heterocycles. The Morgan fingerprint density at radius 1 is 1.62 bits per heavy atom. The van der Waals surface area contributed by atoms with Crippen LogP contribution < -0.4 is 11.1 Å². The van der Waals surface area contributed by atoms with Gasteiger partial charge in [0.15, 0.2) is 0 Å². The van der Waals surface area contributed by atoms with E-state index in [2.05, 4.69) is 22.1 Å². The van der Waals surface area contributed by atoms with Gasteiger partial charge in [-0.05, 0) is 33.2 Å². The summed E-state index contributed by atoms with van der Waals surface area (Å²) in [6.45, 7) is 3.04. The van der Waals surface area contributed by atoms with E-state index in [1.165, 1.54) is 0 Å². The molecule has 0 saturated heterocycles. The number of nitrogens with two attached hydrogens (primary N) is 1. The van der Waals surface area contributed by atoms with Gasteiger partial charge in [-0.15, -0.1) is 0 Å². The van der Waals surface area contributed by atoms with E-state index in [1.807, 2.05) is 26.2 Å². The van der Waals surface area contributed by atoms with Crippen molar-refractivity contribution in [2.45, 2.75) is 13.0 Å². The summed E-state index contributed by atoms with van der Waals surface area (Å²) in [5, 5.41) is 3.35. The smallest absolute Gasteiger partial charge is 0.124 e. The van der Waals surface area contributed by atoms with Crippen molar-refractivity contribution in [3.63, 3.8) is 0 Å². The van der Waals surface area contributed by atoms with Crippen LogP contribution in [0.15, 0.2) is 18.3 Å². The molecule has 0 aromatic carbocycles. The molecule has 0 fully saturated rings. The molecular formula is C11H18N4S. The van der Waals surface area contributed by atoms with Gasteiger partial charge >= 0.3 is 0 Å². The Labute approximate surface area is 102 Å². The van der Waals surface area contributed by atoms with Crippen LogP contribution in [0.5, 0.6) is 0 Å². The maximum atomic E-state index is 5.61. The van der Waals surface area contributed by atoms with Gasteiger partial charge in [0.05, 0.1) is 5.69 Å². The van der Waals surface area contributed by atoms with Gasteiger partial charge in [0.25, 0.3) is 0 Å². The van der Waals surface area contributed by atoms with Gasteiger partial charge in [-0.1, -0.05) is 12.2 Å². The minimum absolute atomic E-state index is 0.312. The van der Waals surface area contributed by atoms with Gasteiger partial charge in [-0.2, -0.15) is 0 Å². The summed E-state index contributed by atoms with van der Waals surface area (Å²) in [5.41, 5.74) is 7.16. The zero-order valence-electron chi connectivity index (χ0n) is 9.90. The second-order valence-corrected chi connectivity index (χ2v) is 4.51. The number of nitrogens with one attached hydrogen (secondary N) is 1. The van der Waals surface area contributed by atoms with Crippen molar-refractivity contribution in [1.29, 1.82) is 0 Å². The Bertz CT molecular complexity index is 365. The van der Waals surface area contributed by atoms with E-state index < -0.39 is 0 Å². The molecule has 1 atom stereocenters. The van der Waals surface area contributed by atoms with E-state index >= 15 is 0 Å². The molecule has 0 aliphatic rings. The van der Waals surface area contributed by atoms with Gasteiger partial charge in [0.1, 0.15) is 10.7 Å². The number of hydrogen-bond donors (Lipinski definition) is 2. The van der Waals surface area contributed by atoms with Crippen molar-refractivity contribution in [2.75, 3.05) is 26.0 Å². The minimum atomic E-state index is 0.312. The van der Waals surface area contributed by atoms with Crippen LogP contribution in [0.3, 0.4) is 0 Å². The lowest BCUT2D eigenvalue weighted by Gasteiger charge is -2.20. The van der Waals surface area contributed by atoms with Crippen molar-refractivity contribution >= 4 is 22.9 Å². The zero-order valence-corrected chi connectivity index (χ0v) is 10.7. The number of thiocarbonyl (C=S) groups is 1. The number of likely N-dealkylation sites (N-methyl/N-ethyl adjacent to an activating group) is 1. The lowest BCUT2D eigenvalue weighted by atomic mass is 10.2. The molecule has 0 amide bonds. The highest BCUT2D eigenvalue weighted by atomic mass is 32.1. The summed E-state index contributed by atoms with van der Waals surface area (Å²) < 4.78 is 0. The maximum absolute atomic E-state index is 5.61. The van der Waals surface area contributed by atoms with Crippen molar-refractivity contribution in [3.05, 3.63) is 24.0 Å². The molecule has 0 aliphatic carbocycles. The molecular weight excluding hydrogens is 220 g/mol. The summed E-state index contributed by atoms with van der Waals surface area (Å²) in [6, 6.07) is 4.12. The molecule has 1 unspecified atom stereocenters. The molecule has 0 bridgehead atoms. The van der Waals surface area contributed by atoms with Crippen molar-refractivity contribution in [1.82, 2.24) is 9.88 Å². The third-order valence-electron chi connectivity index (χ3n) is 2.08. The first kappa shape index (κ1) is 12.9. The van der Waals surface area contributed by atoms with Crippen molar-refractivity contribution in [3.8, 4) is 0 Å². The summed E-state index contributed by atoms with van der Waals surface area (Å²) in [4.78, 5) is 6.61. The highest BCUT2D eigenvalue weighted by Crippen LogP contribution is 2.13. The Hall–Kier alpha value is -1.20. The molecule has 4 nitrogen and oxygen atoms in total. The van der Waals surface area contributed by atoms with E-state index in [-0.39, 0.29) is 0 Å². The van der Waals surface area contributed by atoms with E-state index in [1.54, 1.807) is 6.20 Å². The summed E-state index contributed by atoms with van der Waals surface area (Å²) in [7, 11) is 4.08. The quantitative estimate of drug-likeness (QED) is 0.752. The van der Waals surface area contributed by atoms with Gasteiger partial charge < -0.3 is 16.0 Å². The maximum Gasteiger partial charge on any atom is 0.124 e.